The highest BCUT2D eigenvalue weighted by Crippen LogP contribution is 2.21. The zero-order chi connectivity index (χ0) is 17.4. The van der Waals surface area contributed by atoms with E-state index in [9.17, 15) is 9.18 Å². The molecule has 4 rings (SSSR count). The number of fused-ring (bicyclic) bond motifs is 1. The molecule has 2 heterocycles. The molecule has 0 amide bonds. The van der Waals surface area contributed by atoms with Crippen molar-refractivity contribution in [1.29, 1.82) is 0 Å². The van der Waals surface area contributed by atoms with E-state index in [2.05, 4.69) is 25.9 Å². The zero-order valence-electron chi connectivity index (χ0n) is 12.8. The first kappa shape index (κ1) is 15.7. The lowest BCUT2D eigenvalue weighted by atomic mass is 10.2. The highest BCUT2D eigenvalue weighted by molar-refractivity contribution is 9.10. The van der Waals surface area contributed by atoms with Gasteiger partial charge in [-0.05, 0) is 42.5 Å². The van der Waals surface area contributed by atoms with E-state index in [4.69, 9.17) is 4.42 Å². The zero-order valence-corrected chi connectivity index (χ0v) is 14.4. The Kier molecular flexibility index (Phi) is 3.93. The second kappa shape index (κ2) is 6.25. The lowest BCUT2D eigenvalue weighted by molar-refractivity contribution is 0.484. The molecule has 2 aromatic carbocycles. The molecule has 124 valence electrons. The molecule has 0 N–H and O–H groups in total. The first-order valence-corrected chi connectivity index (χ1v) is 8.25. The molecule has 0 bridgehead atoms. The van der Waals surface area contributed by atoms with Crippen LogP contribution in [0.4, 0.5) is 4.39 Å². The maximum Gasteiger partial charge on any atom is 0.261 e. The van der Waals surface area contributed by atoms with Crippen molar-refractivity contribution in [2.75, 3.05) is 0 Å². The summed E-state index contributed by atoms with van der Waals surface area (Å²) in [5.74, 6) is 0.570. The van der Waals surface area contributed by atoms with Crippen LogP contribution in [0.1, 0.15) is 5.89 Å². The van der Waals surface area contributed by atoms with Crippen LogP contribution in [0.25, 0.3) is 22.2 Å². The minimum Gasteiger partial charge on any atom is -0.439 e. The Hall–Kier alpha value is -2.80. The maximum atomic E-state index is 13.0. The molecule has 0 aliphatic carbocycles. The number of hydrogen-bond acceptors (Lipinski definition) is 4. The number of benzene rings is 2. The van der Waals surface area contributed by atoms with Gasteiger partial charge in [0.15, 0.2) is 5.76 Å². The lowest BCUT2D eigenvalue weighted by Gasteiger charge is -2.04. The molecule has 4 aromatic rings. The van der Waals surface area contributed by atoms with Gasteiger partial charge in [-0.1, -0.05) is 15.9 Å². The number of aromatic nitrogens is 3. The van der Waals surface area contributed by atoms with Crippen LogP contribution in [0.2, 0.25) is 0 Å². The van der Waals surface area contributed by atoms with E-state index in [1.165, 1.54) is 23.0 Å². The normalized spacial score (nSPS) is 11.1. The van der Waals surface area contributed by atoms with Gasteiger partial charge in [-0.2, -0.15) is 0 Å². The van der Waals surface area contributed by atoms with E-state index in [1.807, 2.05) is 6.07 Å². The van der Waals surface area contributed by atoms with Crippen LogP contribution in [0.3, 0.4) is 0 Å². The van der Waals surface area contributed by atoms with E-state index < -0.39 is 0 Å². The van der Waals surface area contributed by atoms with Gasteiger partial charge < -0.3 is 4.42 Å². The molecule has 0 aliphatic rings. The number of hydrogen-bond donors (Lipinski definition) is 0. The van der Waals surface area contributed by atoms with E-state index in [0.29, 0.717) is 28.1 Å². The fourth-order valence-corrected chi connectivity index (χ4v) is 2.88. The van der Waals surface area contributed by atoms with Gasteiger partial charge in [-0.3, -0.25) is 9.36 Å². The summed E-state index contributed by atoms with van der Waals surface area (Å²) in [5, 5.41) is 0.516. The number of nitrogens with zero attached hydrogens (tertiary/aromatic N) is 3. The monoisotopic (exact) mass is 399 g/mol. The molecular formula is C18H11BrFN3O2. The van der Waals surface area contributed by atoms with Crippen molar-refractivity contribution in [2.24, 2.45) is 0 Å². The molecule has 7 heteroatoms. The van der Waals surface area contributed by atoms with Crippen LogP contribution in [0, 0.1) is 5.82 Å². The van der Waals surface area contributed by atoms with Crippen LogP contribution < -0.4 is 5.56 Å². The average molecular weight is 400 g/mol. The van der Waals surface area contributed by atoms with Crippen LogP contribution in [0.5, 0.6) is 0 Å². The van der Waals surface area contributed by atoms with Crippen molar-refractivity contribution in [3.8, 4) is 11.3 Å². The first-order chi connectivity index (χ1) is 12.1. The minimum atomic E-state index is -0.316. The van der Waals surface area contributed by atoms with Gasteiger partial charge in [0.05, 0.1) is 23.4 Å². The number of rotatable bonds is 3. The fraction of sp³-hybridized carbons (Fsp3) is 0.0556. The smallest absolute Gasteiger partial charge is 0.261 e. The maximum absolute atomic E-state index is 13.0. The summed E-state index contributed by atoms with van der Waals surface area (Å²) in [5.41, 5.74) is 1.17. The Bertz CT molecular complexity index is 1120. The van der Waals surface area contributed by atoms with Gasteiger partial charge in [0.1, 0.15) is 12.4 Å². The molecule has 5 nitrogen and oxygen atoms in total. The molecule has 2 aromatic heterocycles. The van der Waals surface area contributed by atoms with Crippen LogP contribution >= 0.6 is 15.9 Å². The van der Waals surface area contributed by atoms with Crippen molar-refractivity contribution in [3.63, 3.8) is 0 Å². The summed E-state index contributed by atoms with van der Waals surface area (Å²) in [4.78, 5) is 21.1. The molecule has 0 unspecified atom stereocenters. The van der Waals surface area contributed by atoms with E-state index in [0.717, 1.165) is 4.47 Å². The summed E-state index contributed by atoms with van der Waals surface area (Å²) in [6.07, 6.45) is 3.03. The molecule has 0 aliphatic heterocycles. The molecule has 0 radical (unpaired) electrons. The standard InChI is InChI=1S/C18H11BrFN3O2/c19-12-3-6-15-14(7-12)18(24)23(10-22-15)9-17-21-8-16(25-17)11-1-4-13(20)5-2-11/h1-8,10H,9H2. The van der Waals surface area contributed by atoms with Gasteiger partial charge in [0.25, 0.3) is 5.56 Å². The summed E-state index contributed by atoms with van der Waals surface area (Å²) < 4.78 is 20.9. The largest absolute Gasteiger partial charge is 0.439 e. The minimum absolute atomic E-state index is 0.162. The molecular weight excluding hydrogens is 389 g/mol. The van der Waals surface area contributed by atoms with E-state index in [1.54, 1.807) is 30.5 Å². The van der Waals surface area contributed by atoms with Crippen molar-refractivity contribution in [2.45, 2.75) is 6.54 Å². The summed E-state index contributed by atoms with van der Waals surface area (Å²) in [6.45, 7) is 0.162. The summed E-state index contributed by atoms with van der Waals surface area (Å²) in [7, 11) is 0. The van der Waals surface area contributed by atoms with Gasteiger partial charge in [-0.15, -0.1) is 0 Å². The highest BCUT2D eigenvalue weighted by atomic mass is 79.9. The Morgan fingerprint density at radius 3 is 2.72 bits per heavy atom. The third-order valence-corrected chi connectivity index (χ3v) is 4.27. The quantitative estimate of drug-likeness (QED) is 0.522. The Labute approximate surface area is 149 Å². The van der Waals surface area contributed by atoms with E-state index >= 15 is 0 Å². The Morgan fingerprint density at radius 1 is 1.12 bits per heavy atom. The molecule has 25 heavy (non-hydrogen) atoms. The Balaban J connectivity index is 1.67. The lowest BCUT2D eigenvalue weighted by Crippen LogP contribution is -2.21. The molecule has 0 atom stereocenters. The van der Waals surface area contributed by atoms with Crippen LogP contribution in [-0.2, 0) is 6.54 Å². The van der Waals surface area contributed by atoms with Gasteiger partial charge in [0, 0.05) is 10.0 Å². The molecule has 0 saturated heterocycles. The summed E-state index contributed by atoms with van der Waals surface area (Å²) in [6, 6.07) is 11.3. The third-order valence-electron chi connectivity index (χ3n) is 3.77. The van der Waals surface area contributed by atoms with Gasteiger partial charge >= 0.3 is 0 Å². The molecule has 0 spiro atoms. The molecule has 0 fully saturated rings. The predicted octanol–water partition coefficient (Wildman–Crippen LogP) is 4.00. The van der Waals surface area contributed by atoms with Crippen molar-refractivity contribution < 1.29 is 8.81 Å². The average Bonchev–Trinajstić information content (AvgIpc) is 3.07. The Morgan fingerprint density at radius 2 is 1.92 bits per heavy atom. The topological polar surface area (TPSA) is 60.9 Å². The summed E-state index contributed by atoms with van der Waals surface area (Å²) >= 11 is 3.36. The third kappa shape index (κ3) is 3.10. The number of oxazole rings is 1. The van der Waals surface area contributed by atoms with Gasteiger partial charge in [-0.25, -0.2) is 14.4 Å². The van der Waals surface area contributed by atoms with Crippen LogP contribution in [0.15, 0.2) is 68.7 Å². The molecule has 0 saturated carbocycles. The second-order valence-electron chi connectivity index (χ2n) is 5.46. The van der Waals surface area contributed by atoms with Crippen molar-refractivity contribution >= 4 is 26.8 Å². The number of halogens is 2. The fourth-order valence-electron chi connectivity index (χ4n) is 2.52. The van der Waals surface area contributed by atoms with E-state index in [-0.39, 0.29) is 17.9 Å². The first-order valence-electron chi connectivity index (χ1n) is 7.45. The van der Waals surface area contributed by atoms with Crippen LogP contribution in [-0.4, -0.2) is 14.5 Å². The van der Waals surface area contributed by atoms with Gasteiger partial charge in [0.2, 0.25) is 5.89 Å². The van der Waals surface area contributed by atoms with Crippen molar-refractivity contribution in [1.82, 2.24) is 14.5 Å². The second-order valence-corrected chi connectivity index (χ2v) is 6.38. The SMILES string of the molecule is O=c1c2cc(Br)ccc2ncn1Cc1ncc(-c2ccc(F)cc2)o1. The highest BCUT2D eigenvalue weighted by Gasteiger charge is 2.10. The van der Waals surface area contributed by atoms with Crippen molar-refractivity contribution in [3.05, 3.63) is 81.5 Å². The predicted molar refractivity (Wildman–Crippen MR) is 94.7 cm³/mol.